The van der Waals surface area contributed by atoms with E-state index in [1.165, 1.54) is 0 Å². The summed E-state index contributed by atoms with van der Waals surface area (Å²) in [6.07, 6.45) is 1.02. The van der Waals surface area contributed by atoms with Crippen LogP contribution in [0.4, 0.5) is 0 Å². The second kappa shape index (κ2) is 9.93. The van der Waals surface area contributed by atoms with Crippen LogP contribution in [0.2, 0.25) is 10.0 Å². The minimum Gasteiger partial charge on any atom is -0.478 e. The summed E-state index contributed by atoms with van der Waals surface area (Å²) in [5, 5.41) is 10.3. The Labute approximate surface area is 164 Å². The molecule has 1 N–H and O–H groups in total. The molecule has 0 aliphatic heterocycles. The SMILES string of the molecule is CN(C)CCCN(Cc1cccc(C(=O)O)c1)Cc1ccc(Cl)c(Cl)c1. The summed E-state index contributed by atoms with van der Waals surface area (Å²) < 4.78 is 0. The Bertz CT molecular complexity index is 750. The molecule has 0 unspecified atom stereocenters. The first kappa shape index (κ1) is 20.7. The fourth-order valence-electron chi connectivity index (χ4n) is 2.78. The zero-order chi connectivity index (χ0) is 19.1. The minimum absolute atomic E-state index is 0.310. The van der Waals surface area contributed by atoms with Gasteiger partial charge in [-0.15, -0.1) is 0 Å². The number of benzene rings is 2. The average molecular weight is 395 g/mol. The van der Waals surface area contributed by atoms with Crippen molar-refractivity contribution in [2.75, 3.05) is 27.2 Å². The highest BCUT2D eigenvalue weighted by Crippen LogP contribution is 2.23. The van der Waals surface area contributed by atoms with Crippen LogP contribution in [0.15, 0.2) is 42.5 Å². The van der Waals surface area contributed by atoms with E-state index >= 15 is 0 Å². The van der Waals surface area contributed by atoms with Gasteiger partial charge in [-0.05, 0) is 62.5 Å². The van der Waals surface area contributed by atoms with Gasteiger partial charge in [-0.25, -0.2) is 4.79 Å². The molecule has 4 nitrogen and oxygen atoms in total. The summed E-state index contributed by atoms with van der Waals surface area (Å²) in [5.74, 6) is -0.907. The number of aromatic carboxylic acids is 1. The number of carboxylic acid groups (broad SMARTS) is 1. The molecule has 0 aliphatic rings. The van der Waals surface area contributed by atoms with E-state index in [0.717, 1.165) is 37.2 Å². The van der Waals surface area contributed by atoms with Gasteiger partial charge in [0.2, 0.25) is 0 Å². The van der Waals surface area contributed by atoms with Crippen LogP contribution in [0.25, 0.3) is 0 Å². The third-order valence-corrected chi connectivity index (χ3v) is 4.79. The molecular weight excluding hydrogens is 371 g/mol. The van der Waals surface area contributed by atoms with Crippen molar-refractivity contribution >= 4 is 29.2 Å². The summed E-state index contributed by atoms with van der Waals surface area (Å²) in [5.41, 5.74) is 2.37. The molecule has 0 saturated carbocycles. The second-order valence-electron chi connectivity index (χ2n) is 6.62. The largest absolute Gasteiger partial charge is 0.478 e. The Morgan fingerprint density at radius 2 is 1.65 bits per heavy atom. The average Bonchev–Trinajstić information content (AvgIpc) is 2.58. The van der Waals surface area contributed by atoms with Gasteiger partial charge in [0.1, 0.15) is 0 Å². The Morgan fingerprint density at radius 3 is 2.27 bits per heavy atom. The maximum atomic E-state index is 11.2. The predicted molar refractivity (Wildman–Crippen MR) is 107 cm³/mol. The van der Waals surface area contributed by atoms with Crippen LogP contribution in [0, 0.1) is 0 Å². The zero-order valence-electron chi connectivity index (χ0n) is 15.1. The lowest BCUT2D eigenvalue weighted by molar-refractivity contribution is 0.0696. The Balaban J connectivity index is 2.13. The van der Waals surface area contributed by atoms with Crippen LogP contribution >= 0.6 is 23.2 Å². The molecule has 0 heterocycles. The molecule has 0 radical (unpaired) electrons. The zero-order valence-corrected chi connectivity index (χ0v) is 16.6. The molecule has 0 amide bonds. The lowest BCUT2D eigenvalue weighted by atomic mass is 10.1. The molecule has 0 aliphatic carbocycles. The molecular formula is C20H24Cl2N2O2. The van der Waals surface area contributed by atoms with Crippen LogP contribution in [0.3, 0.4) is 0 Å². The van der Waals surface area contributed by atoms with E-state index in [4.69, 9.17) is 23.2 Å². The van der Waals surface area contributed by atoms with E-state index in [0.29, 0.717) is 22.2 Å². The third kappa shape index (κ3) is 6.61. The van der Waals surface area contributed by atoms with Gasteiger partial charge in [-0.3, -0.25) is 4.90 Å². The van der Waals surface area contributed by atoms with Crippen LogP contribution < -0.4 is 0 Å². The lowest BCUT2D eigenvalue weighted by Gasteiger charge is -2.24. The van der Waals surface area contributed by atoms with Crippen LogP contribution in [-0.2, 0) is 13.1 Å². The number of hydrogen-bond acceptors (Lipinski definition) is 3. The van der Waals surface area contributed by atoms with Crippen LogP contribution in [0.1, 0.15) is 27.9 Å². The Kier molecular flexibility index (Phi) is 7.91. The highest BCUT2D eigenvalue weighted by Gasteiger charge is 2.11. The molecule has 2 aromatic carbocycles. The molecule has 0 aromatic heterocycles. The molecule has 0 spiro atoms. The molecule has 6 heteroatoms. The molecule has 0 saturated heterocycles. The molecule has 26 heavy (non-hydrogen) atoms. The van der Waals surface area contributed by atoms with Gasteiger partial charge in [0.15, 0.2) is 0 Å². The Morgan fingerprint density at radius 1 is 0.962 bits per heavy atom. The quantitative estimate of drug-likeness (QED) is 0.672. The van der Waals surface area contributed by atoms with Crippen LogP contribution in [0.5, 0.6) is 0 Å². The fourth-order valence-corrected chi connectivity index (χ4v) is 3.10. The van der Waals surface area contributed by atoms with Gasteiger partial charge in [-0.2, -0.15) is 0 Å². The van der Waals surface area contributed by atoms with Crippen molar-refractivity contribution in [2.24, 2.45) is 0 Å². The standard InChI is InChI=1S/C20H24Cl2N2O2/c1-23(2)9-4-10-24(14-16-7-8-18(21)19(22)12-16)13-15-5-3-6-17(11-15)20(25)26/h3,5-8,11-12H,4,9-10,13-14H2,1-2H3,(H,25,26). The first-order valence-electron chi connectivity index (χ1n) is 8.48. The number of carboxylic acids is 1. The molecule has 0 bridgehead atoms. The summed E-state index contributed by atoms with van der Waals surface area (Å²) in [7, 11) is 4.11. The van der Waals surface area contributed by atoms with Crippen molar-refractivity contribution in [2.45, 2.75) is 19.5 Å². The highest BCUT2D eigenvalue weighted by atomic mass is 35.5. The van der Waals surface area contributed by atoms with E-state index in [-0.39, 0.29) is 0 Å². The third-order valence-electron chi connectivity index (χ3n) is 4.05. The van der Waals surface area contributed by atoms with Crippen LogP contribution in [-0.4, -0.2) is 48.1 Å². The van der Waals surface area contributed by atoms with E-state index < -0.39 is 5.97 Å². The molecule has 2 aromatic rings. The van der Waals surface area contributed by atoms with Gasteiger partial charge in [0, 0.05) is 19.6 Å². The first-order valence-corrected chi connectivity index (χ1v) is 9.24. The molecule has 140 valence electrons. The topological polar surface area (TPSA) is 43.8 Å². The van der Waals surface area contributed by atoms with E-state index in [1.54, 1.807) is 18.2 Å². The van der Waals surface area contributed by atoms with Gasteiger partial charge in [0.25, 0.3) is 0 Å². The minimum atomic E-state index is -0.907. The summed E-state index contributed by atoms with van der Waals surface area (Å²) in [6, 6.07) is 12.8. The predicted octanol–water partition coefficient (Wildman–Crippen LogP) is 4.65. The normalized spacial score (nSPS) is 11.3. The first-order chi connectivity index (χ1) is 12.3. The number of halogens is 2. The lowest BCUT2D eigenvalue weighted by Crippen LogP contribution is -2.27. The van der Waals surface area contributed by atoms with Gasteiger partial charge in [0.05, 0.1) is 15.6 Å². The smallest absolute Gasteiger partial charge is 0.335 e. The molecule has 0 atom stereocenters. The van der Waals surface area contributed by atoms with Gasteiger partial charge >= 0.3 is 5.97 Å². The van der Waals surface area contributed by atoms with Crippen molar-refractivity contribution in [3.05, 3.63) is 69.2 Å². The number of hydrogen-bond donors (Lipinski definition) is 1. The Hall–Kier alpha value is -1.59. The van der Waals surface area contributed by atoms with Gasteiger partial charge in [-0.1, -0.05) is 41.4 Å². The monoisotopic (exact) mass is 394 g/mol. The van der Waals surface area contributed by atoms with E-state index in [1.807, 2.05) is 24.3 Å². The molecule has 2 rings (SSSR count). The van der Waals surface area contributed by atoms with E-state index in [9.17, 15) is 9.90 Å². The second-order valence-corrected chi connectivity index (χ2v) is 7.44. The van der Waals surface area contributed by atoms with Crippen molar-refractivity contribution in [3.63, 3.8) is 0 Å². The number of carbonyl (C=O) groups is 1. The fraction of sp³-hybridized carbons (Fsp3) is 0.350. The molecule has 0 fully saturated rings. The summed E-state index contributed by atoms with van der Waals surface area (Å²) >= 11 is 12.1. The van der Waals surface area contributed by atoms with Gasteiger partial charge < -0.3 is 10.0 Å². The van der Waals surface area contributed by atoms with E-state index in [2.05, 4.69) is 23.9 Å². The van der Waals surface area contributed by atoms with Crippen molar-refractivity contribution in [1.82, 2.24) is 9.80 Å². The van der Waals surface area contributed by atoms with Crippen molar-refractivity contribution < 1.29 is 9.90 Å². The number of rotatable bonds is 9. The summed E-state index contributed by atoms with van der Waals surface area (Å²) in [4.78, 5) is 15.7. The van der Waals surface area contributed by atoms with Crippen molar-refractivity contribution in [1.29, 1.82) is 0 Å². The maximum Gasteiger partial charge on any atom is 0.335 e. The highest BCUT2D eigenvalue weighted by molar-refractivity contribution is 6.42. The van der Waals surface area contributed by atoms with Crippen molar-refractivity contribution in [3.8, 4) is 0 Å². The summed E-state index contributed by atoms with van der Waals surface area (Å²) in [6.45, 7) is 3.29. The number of nitrogens with zero attached hydrogens (tertiary/aromatic N) is 2. The maximum absolute atomic E-state index is 11.2.